The van der Waals surface area contributed by atoms with Gasteiger partial charge >= 0.3 is 5.97 Å². The topological polar surface area (TPSA) is 96.4 Å². The van der Waals surface area contributed by atoms with Crippen LogP contribution in [0, 0.1) is 23.7 Å². The summed E-state index contributed by atoms with van der Waals surface area (Å²) in [6.07, 6.45) is 2.02. The van der Waals surface area contributed by atoms with Crippen LogP contribution in [0.4, 0.5) is 5.69 Å². The van der Waals surface area contributed by atoms with Gasteiger partial charge in [-0.3, -0.25) is 14.4 Å². The molecule has 3 saturated heterocycles. The molecular formula is C28H37ClN2O6. The zero-order valence-corrected chi connectivity index (χ0v) is 22.9. The van der Waals surface area contributed by atoms with Gasteiger partial charge in [0.25, 0.3) is 5.91 Å². The number of amides is 2. The van der Waals surface area contributed by atoms with Crippen molar-refractivity contribution >= 4 is 35.1 Å². The third kappa shape index (κ3) is 3.99. The minimum atomic E-state index is -1.25. The van der Waals surface area contributed by atoms with Gasteiger partial charge in [0, 0.05) is 6.54 Å². The molecule has 3 unspecified atom stereocenters. The molecule has 9 heteroatoms. The predicted octanol–water partition coefficient (Wildman–Crippen LogP) is 3.45. The van der Waals surface area contributed by atoms with Crippen LogP contribution in [0.5, 0.6) is 0 Å². The van der Waals surface area contributed by atoms with Gasteiger partial charge in [-0.1, -0.05) is 50.6 Å². The fourth-order valence-electron chi connectivity index (χ4n) is 6.78. The number of aliphatic hydroxyl groups excluding tert-OH is 1. The highest BCUT2D eigenvalue weighted by atomic mass is 35.5. The Morgan fingerprint density at radius 1 is 1.38 bits per heavy atom. The van der Waals surface area contributed by atoms with E-state index in [1.54, 1.807) is 37.3 Å². The minimum Gasteiger partial charge on any atom is -0.466 e. The number of esters is 1. The fraction of sp³-hybridized carbons (Fsp3) is 0.607. The van der Waals surface area contributed by atoms with Gasteiger partial charge in [-0.25, -0.2) is 0 Å². The van der Waals surface area contributed by atoms with Crippen molar-refractivity contribution in [3.05, 3.63) is 41.9 Å². The van der Waals surface area contributed by atoms with E-state index in [1.165, 1.54) is 9.80 Å². The highest BCUT2D eigenvalue weighted by molar-refractivity contribution is 6.34. The molecule has 3 aliphatic rings. The van der Waals surface area contributed by atoms with Crippen LogP contribution < -0.4 is 4.90 Å². The van der Waals surface area contributed by atoms with E-state index in [0.717, 1.165) is 0 Å². The Balaban J connectivity index is 1.91. The number of hydrogen-bond acceptors (Lipinski definition) is 6. The number of carbonyl (C=O) groups is 3. The first kappa shape index (κ1) is 27.6. The molecule has 1 aromatic rings. The molecule has 1 aromatic carbocycles. The van der Waals surface area contributed by atoms with E-state index in [-0.39, 0.29) is 43.4 Å². The molecule has 1 spiro atoms. The van der Waals surface area contributed by atoms with Crippen molar-refractivity contribution in [3.8, 4) is 0 Å². The standard InChI is InChI=1S/C28H37ClN2O6/c1-7-13-30(19-12-10-9-11-18(19)29)25(34)23-28-14-17(5)27(6,37-28)22(26(35)36-8-2)21(28)24(33)31(23)20(15-32)16(3)4/h7,9-12,16-17,20-23,32H,1,8,13-15H2,2-6H3/t17?,20-,21-,22-,23?,27+,28?/m0/s1. The maximum Gasteiger partial charge on any atom is 0.312 e. The first-order valence-corrected chi connectivity index (χ1v) is 13.3. The predicted molar refractivity (Wildman–Crippen MR) is 140 cm³/mol. The first-order valence-electron chi connectivity index (χ1n) is 13.0. The molecule has 0 radical (unpaired) electrons. The van der Waals surface area contributed by atoms with Gasteiger partial charge in [-0.15, -0.1) is 6.58 Å². The Bertz CT molecular complexity index is 1090. The Labute approximate surface area is 223 Å². The monoisotopic (exact) mass is 532 g/mol. The summed E-state index contributed by atoms with van der Waals surface area (Å²) in [5.74, 6) is -3.26. The smallest absolute Gasteiger partial charge is 0.312 e. The molecule has 0 aromatic heterocycles. The van der Waals surface area contributed by atoms with E-state index < -0.39 is 41.1 Å². The zero-order chi connectivity index (χ0) is 27.3. The lowest BCUT2D eigenvalue weighted by Gasteiger charge is -2.40. The van der Waals surface area contributed by atoms with Crippen molar-refractivity contribution in [1.82, 2.24) is 4.90 Å². The van der Waals surface area contributed by atoms with Gasteiger partial charge in [0.05, 0.1) is 41.5 Å². The van der Waals surface area contributed by atoms with Gasteiger partial charge in [0.15, 0.2) is 0 Å². The molecule has 3 fully saturated rings. The van der Waals surface area contributed by atoms with Gasteiger partial charge in [0.2, 0.25) is 5.91 Å². The second-order valence-electron chi connectivity index (χ2n) is 10.9. The second kappa shape index (κ2) is 10.0. The molecule has 8 nitrogen and oxygen atoms in total. The number of ether oxygens (including phenoxy) is 2. The SMILES string of the molecule is C=CCN(C(=O)C1N([C@@H](CO)C(C)C)C(=O)[C@@H]2[C@@H](C(=O)OCC)[C@]3(C)OC12CC3C)c1ccccc1Cl. The van der Waals surface area contributed by atoms with Crippen LogP contribution in [0.2, 0.25) is 5.02 Å². The molecule has 202 valence electrons. The van der Waals surface area contributed by atoms with E-state index >= 15 is 0 Å². The van der Waals surface area contributed by atoms with Crippen LogP contribution in [-0.2, 0) is 23.9 Å². The van der Waals surface area contributed by atoms with E-state index in [9.17, 15) is 19.5 Å². The number of nitrogens with zero attached hydrogens (tertiary/aromatic N) is 2. The number of aliphatic hydroxyl groups is 1. The summed E-state index contributed by atoms with van der Waals surface area (Å²) >= 11 is 6.50. The Morgan fingerprint density at radius 3 is 2.62 bits per heavy atom. The van der Waals surface area contributed by atoms with Gasteiger partial charge in [-0.05, 0) is 44.2 Å². The highest BCUT2D eigenvalue weighted by Gasteiger charge is 2.81. The van der Waals surface area contributed by atoms with Crippen molar-refractivity contribution in [1.29, 1.82) is 0 Å². The molecule has 2 amide bonds. The zero-order valence-electron chi connectivity index (χ0n) is 22.1. The second-order valence-corrected chi connectivity index (χ2v) is 11.3. The summed E-state index contributed by atoms with van der Waals surface area (Å²) in [6, 6.07) is 5.28. The normalized spacial score (nSPS) is 33.0. The molecule has 7 atom stereocenters. The van der Waals surface area contributed by atoms with E-state index in [2.05, 4.69) is 6.58 Å². The number of benzene rings is 1. The molecule has 37 heavy (non-hydrogen) atoms. The average Bonchev–Trinajstić information content (AvgIpc) is 3.35. The van der Waals surface area contributed by atoms with Crippen LogP contribution in [0.1, 0.15) is 41.0 Å². The third-order valence-electron chi connectivity index (χ3n) is 8.56. The number of rotatable bonds is 9. The van der Waals surface area contributed by atoms with E-state index in [1.807, 2.05) is 27.7 Å². The molecule has 3 aliphatic heterocycles. The van der Waals surface area contributed by atoms with E-state index in [4.69, 9.17) is 21.1 Å². The van der Waals surface area contributed by atoms with Crippen molar-refractivity contribution in [2.75, 3.05) is 24.7 Å². The van der Waals surface area contributed by atoms with Crippen molar-refractivity contribution in [3.63, 3.8) is 0 Å². The lowest BCUT2D eigenvalue weighted by atomic mass is 9.62. The summed E-state index contributed by atoms with van der Waals surface area (Å²) in [5, 5.41) is 10.8. The summed E-state index contributed by atoms with van der Waals surface area (Å²) in [6.45, 7) is 13.1. The molecule has 2 bridgehead atoms. The van der Waals surface area contributed by atoms with Gasteiger partial charge in [-0.2, -0.15) is 0 Å². The number of likely N-dealkylation sites (tertiary alicyclic amines) is 1. The summed E-state index contributed by atoms with van der Waals surface area (Å²) < 4.78 is 12.1. The van der Waals surface area contributed by atoms with Crippen molar-refractivity contribution in [2.24, 2.45) is 23.7 Å². The molecule has 1 N–H and O–H groups in total. The molecule has 4 rings (SSSR count). The van der Waals surface area contributed by atoms with Crippen LogP contribution in [-0.4, -0.2) is 70.8 Å². The van der Waals surface area contributed by atoms with E-state index in [0.29, 0.717) is 17.1 Å². The van der Waals surface area contributed by atoms with Crippen LogP contribution in [0.15, 0.2) is 36.9 Å². The number of hydrogen-bond donors (Lipinski definition) is 1. The number of carbonyl (C=O) groups excluding carboxylic acids is 3. The average molecular weight is 533 g/mol. The first-order chi connectivity index (χ1) is 17.5. The Morgan fingerprint density at radius 2 is 2.05 bits per heavy atom. The van der Waals surface area contributed by atoms with Gasteiger partial charge < -0.3 is 24.4 Å². The molecule has 0 saturated carbocycles. The summed E-state index contributed by atoms with van der Waals surface area (Å²) in [4.78, 5) is 45.1. The van der Waals surface area contributed by atoms with Crippen molar-refractivity contribution in [2.45, 2.75) is 64.3 Å². The number of halogens is 1. The molecule has 0 aliphatic carbocycles. The van der Waals surface area contributed by atoms with Crippen LogP contribution in [0.25, 0.3) is 0 Å². The Kier molecular flexibility index (Phi) is 7.49. The maximum absolute atomic E-state index is 14.6. The van der Waals surface area contributed by atoms with Gasteiger partial charge in [0.1, 0.15) is 17.6 Å². The summed E-state index contributed by atoms with van der Waals surface area (Å²) in [5.41, 5.74) is -1.72. The number of para-hydroxylation sites is 1. The van der Waals surface area contributed by atoms with Crippen LogP contribution in [0.3, 0.4) is 0 Å². The highest BCUT2D eigenvalue weighted by Crippen LogP contribution is 2.66. The largest absolute Gasteiger partial charge is 0.466 e. The third-order valence-corrected chi connectivity index (χ3v) is 8.88. The molecular weight excluding hydrogens is 496 g/mol. The maximum atomic E-state index is 14.6. The van der Waals surface area contributed by atoms with Crippen molar-refractivity contribution < 1.29 is 29.0 Å². The lowest BCUT2D eigenvalue weighted by Crippen LogP contribution is -2.60. The number of fused-ring (bicyclic) bond motifs is 1. The number of anilines is 1. The quantitative estimate of drug-likeness (QED) is 0.386. The minimum absolute atomic E-state index is 0.110. The fourth-order valence-corrected chi connectivity index (χ4v) is 7.02. The lowest BCUT2D eigenvalue weighted by molar-refractivity contribution is -0.162. The summed E-state index contributed by atoms with van der Waals surface area (Å²) in [7, 11) is 0. The Hall–Kier alpha value is -2.42. The molecule has 3 heterocycles. The van der Waals surface area contributed by atoms with Crippen LogP contribution >= 0.6 is 11.6 Å².